The van der Waals surface area contributed by atoms with Crippen molar-refractivity contribution < 1.29 is 27.9 Å². The van der Waals surface area contributed by atoms with Gasteiger partial charge in [-0.2, -0.15) is 0 Å². The van der Waals surface area contributed by atoms with E-state index in [9.17, 15) is 23.1 Å². The van der Waals surface area contributed by atoms with Crippen molar-refractivity contribution in [1.29, 1.82) is 0 Å². The number of thioether (sulfide) groups is 1. The molecule has 0 aliphatic carbocycles. The smallest absolute Gasteiger partial charge is 0.331 e. The Kier molecular flexibility index (Phi) is 6.44. The summed E-state index contributed by atoms with van der Waals surface area (Å²) < 4.78 is 31.1. The van der Waals surface area contributed by atoms with Gasteiger partial charge in [0.2, 0.25) is 0 Å². The number of hydrogen-bond acceptors (Lipinski definition) is 8. The number of rotatable bonds is 7. The molecule has 8 nitrogen and oxygen atoms in total. The van der Waals surface area contributed by atoms with Gasteiger partial charge in [-0.05, 0) is 35.4 Å². The number of imide groups is 1. The standard InChI is InChI=1S/C19H20N2O6S3/c1-20-10-15(22)21(19(20)24)7-6-13-17(23)14(27-2)9-12(18(13)28-3)11-30(25,26)16-5-4-8-29-16/h4-9,23H,10-11H2,1-3H3/b7-6+. The van der Waals surface area contributed by atoms with Crippen molar-refractivity contribution in [2.75, 3.05) is 27.0 Å². The van der Waals surface area contributed by atoms with E-state index in [0.717, 1.165) is 16.2 Å². The Balaban J connectivity index is 2.07. The lowest BCUT2D eigenvalue weighted by molar-refractivity contribution is -0.123. The van der Waals surface area contributed by atoms with E-state index in [1.165, 1.54) is 55.2 Å². The molecule has 0 atom stereocenters. The van der Waals surface area contributed by atoms with Gasteiger partial charge in [0.15, 0.2) is 21.3 Å². The third-order valence-corrected chi connectivity index (χ3v) is 8.51. The minimum atomic E-state index is -3.59. The second kappa shape index (κ2) is 8.70. The number of methoxy groups -OCH3 is 1. The van der Waals surface area contributed by atoms with Gasteiger partial charge in [-0.15, -0.1) is 23.1 Å². The number of ether oxygens (including phenoxy) is 1. The van der Waals surface area contributed by atoms with Crippen LogP contribution in [-0.2, 0) is 20.4 Å². The summed E-state index contributed by atoms with van der Waals surface area (Å²) in [4.78, 5) is 26.8. The number of likely N-dealkylation sites (N-methyl/N-ethyl adjacent to an activating group) is 1. The summed E-state index contributed by atoms with van der Waals surface area (Å²) in [7, 11) is -0.720. The van der Waals surface area contributed by atoms with Gasteiger partial charge in [-0.3, -0.25) is 4.79 Å². The van der Waals surface area contributed by atoms with Crippen LogP contribution in [0.5, 0.6) is 11.5 Å². The number of thiophene rings is 1. The highest BCUT2D eigenvalue weighted by Gasteiger charge is 2.32. The number of urea groups is 1. The lowest BCUT2D eigenvalue weighted by atomic mass is 10.1. The number of sulfone groups is 1. The number of phenolic OH excluding ortho intramolecular Hbond substituents is 1. The Morgan fingerprint density at radius 1 is 1.37 bits per heavy atom. The van der Waals surface area contributed by atoms with E-state index in [1.807, 2.05) is 0 Å². The van der Waals surface area contributed by atoms with Crippen LogP contribution in [0.15, 0.2) is 38.9 Å². The molecule has 2 heterocycles. The zero-order valence-corrected chi connectivity index (χ0v) is 18.9. The first kappa shape index (κ1) is 22.2. The normalized spacial score (nSPS) is 14.9. The highest BCUT2D eigenvalue weighted by molar-refractivity contribution is 7.98. The average Bonchev–Trinajstić information content (AvgIpc) is 3.32. The number of carbonyl (C=O) groups is 2. The molecule has 2 aromatic rings. The van der Waals surface area contributed by atoms with Crippen LogP contribution in [0, 0.1) is 0 Å². The van der Waals surface area contributed by atoms with Crippen molar-refractivity contribution in [1.82, 2.24) is 9.80 Å². The fourth-order valence-corrected chi connectivity index (χ4v) is 6.33. The van der Waals surface area contributed by atoms with Crippen molar-refractivity contribution in [3.63, 3.8) is 0 Å². The SMILES string of the molecule is COc1cc(CS(=O)(=O)c2cccs2)c(SC)c(/C=C/N2C(=O)CN(C)C2=O)c1O. The largest absolute Gasteiger partial charge is 0.504 e. The molecule has 0 bridgehead atoms. The fraction of sp³-hybridized carbons (Fsp3) is 0.263. The molecule has 3 rings (SSSR count). The summed E-state index contributed by atoms with van der Waals surface area (Å²) >= 11 is 2.38. The molecule has 0 saturated carbocycles. The third-order valence-electron chi connectivity index (χ3n) is 4.47. The molecular weight excluding hydrogens is 448 g/mol. The Morgan fingerprint density at radius 2 is 2.10 bits per heavy atom. The quantitative estimate of drug-likeness (QED) is 0.492. The van der Waals surface area contributed by atoms with Crippen LogP contribution < -0.4 is 4.74 Å². The zero-order valence-electron chi connectivity index (χ0n) is 16.5. The predicted octanol–water partition coefficient (Wildman–Crippen LogP) is 3.02. The first-order valence-electron chi connectivity index (χ1n) is 8.68. The summed E-state index contributed by atoms with van der Waals surface area (Å²) in [6.45, 7) is -0.0348. The van der Waals surface area contributed by atoms with Gasteiger partial charge < -0.3 is 14.7 Å². The molecule has 1 saturated heterocycles. The van der Waals surface area contributed by atoms with Gasteiger partial charge in [0.1, 0.15) is 10.8 Å². The first-order chi connectivity index (χ1) is 14.2. The Bertz CT molecular complexity index is 1110. The molecular formula is C19H20N2O6S3. The van der Waals surface area contributed by atoms with Crippen LogP contribution in [0.25, 0.3) is 6.08 Å². The average molecular weight is 469 g/mol. The Morgan fingerprint density at radius 3 is 2.63 bits per heavy atom. The summed E-state index contributed by atoms with van der Waals surface area (Å²) in [5.74, 6) is -0.791. The van der Waals surface area contributed by atoms with Crippen LogP contribution in [0.4, 0.5) is 4.79 Å². The van der Waals surface area contributed by atoms with Crippen LogP contribution in [0.1, 0.15) is 11.1 Å². The number of carbonyl (C=O) groups excluding carboxylic acids is 2. The van der Waals surface area contributed by atoms with Crippen LogP contribution >= 0.6 is 23.1 Å². The molecule has 160 valence electrons. The highest BCUT2D eigenvalue weighted by Crippen LogP contribution is 2.41. The van der Waals surface area contributed by atoms with Gasteiger partial charge in [0.25, 0.3) is 5.91 Å². The van der Waals surface area contributed by atoms with Crippen molar-refractivity contribution in [2.24, 2.45) is 0 Å². The van der Waals surface area contributed by atoms with Crippen molar-refractivity contribution in [3.8, 4) is 11.5 Å². The van der Waals surface area contributed by atoms with E-state index in [0.29, 0.717) is 10.5 Å². The molecule has 1 aliphatic rings. The van der Waals surface area contributed by atoms with E-state index in [1.54, 1.807) is 17.7 Å². The number of benzene rings is 1. The number of nitrogens with zero attached hydrogens (tertiary/aromatic N) is 2. The van der Waals surface area contributed by atoms with Crippen LogP contribution in [-0.4, -0.2) is 62.2 Å². The number of amides is 3. The monoisotopic (exact) mass is 468 g/mol. The Hall–Kier alpha value is -2.50. The first-order valence-corrected chi connectivity index (χ1v) is 12.4. The molecule has 1 N–H and O–H groups in total. The maximum Gasteiger partial charge on any atom is 0.331 e. The van der Waals surface area contributed by atoms with E-state index in [2.05, 4.69) is 0 Å². The topological polar surface area (TPSA) is 104 Å². The lowest BCUT2D eigenvalue weighted by Gasteiger charge is -2.16. The molecule has 30 heavy (non-hydrogen) atoms. The van der Waals surface area contributed by atoms with Gasteiger partial charge in [0.05, 0.1) is 12.9 Å². The minimum absolute atomic E-state index is 0.0348. The molecule has 1 fully saturated rings. The second-order valence-corrected chi connectivity index (χ2v) is 10.4. The van der Waals surface area contributed by atoms with Crippen molar-refractivity contribution >= 4 is 51.0 Å². The van der Waals surface area contributed by atoms with Gasteiger partial charge in [-0.1, -0.05) is 6.07 Å². The minimum Gasteiger partial charge on any atom is -0.504 e. The van der Waals surface area contributed by atoms with E-state index >= 15 is 0 Å². The van der Waals surface area contributed by atoms with Gasteiger partial charge in [0, 0.05) is 23.7 Å². The van der Waals surface area contributed by atoms with E-state index in [-0.39, 0.29) is 33.6 Å². The van der Waals surface area contributed by atoms with Gasteiger partial charge >= 0.3 is 6.03 Å². The summed E-state index contributed by atoms with van der Waals surface area (Å²) in [6, 6.07) is 4.21. The summed E-state index contributed by atoms with van der Waals surface area (Å²) in [6.07, 6.45) is 4.44. The molecule has 1 aromatic heterocycles. The van der Waals surface area contributed by atoms with E-state index in [4.69, 9.17) is 4.74 Å². The third kappa shape index (κ3) is 4.18. The molecule has 0 radical (unpaired) electrons. The van der Waals surface area contributed by atoms with Crippen LogP contribution in [0.2, 0.25) is 0 Å². The molecule has 0 spiro atoms. The number of aromatic hydroxyl groups is 1. The fourth-order valence-electron chi connectivity index (χ4n) is 3.01. The summed E-state index contributed by atoms with van der Waals surface area (Å²) in [5.41, 5.74) is 0.717. The van der Waals surface area contributed by atoms with Crippen LogP contribution in [0.3, 0.4) is 0 Å². The maximum atomic E-state index is 12.8. The zero-order chi connectivity index (χ0) is 22.1. The molecule has 1 aliphatic heterocycles. The second-order valence-electron chi connectivity index (χ2n) is 6.44. The highest BCUT2D eigenvalue weighted by atomic mass is 32.2. The number of hydrogen-bond donors (Lipinski definition) is 1. The van der Waals surface area contributed by atoms with Crippen molar-refractivity contribution in [2.45, 2.75) is 14.9 Å². The van der Waals surface area contributed by atoms with Gasteiger partial charge in [-0.25, -0.2) is 18.1 Å². The lowest BCUT2D eigenvalue weighted by Crippen LogP contribution is -2.26. The molecule has 0 unspecified atom stereocenters. The van der Waals surface area contributed by atoms with Crippen molar-refractivity contribution in [3.05, 3.63) is 40.9 Å². The molecule has 1 aromatic carbocycles. The van der Waals surface area contributed by atoms with E-state index < -0.39 is 21.8 Å². The molecule has 11 heteroatoms. The summed E-state index contributed by atoms with van der Waals surface area (Å²) in [5, 5.41) is 12.3. The number of phenols is 1. The predicted molar refractivity (Wildman–Crippen MR) is 116 cm³/mol. The molecule has 3 amide bonds. The Labute approximate surface area is 182 Å². The maximum absolute atomic E-state index is 12.8.